The zero-order valence-electron chi connectivity index (χ0n) is 15.2. The molecule has 0 saturated heterocycles. The molecule has 0 fully saturated rings. The van der Waals surface area contributed by atoms with E-state index < -0.39 is 0 Å². The first-order valence-electron chi connectivity index (χ1n) is 8.73. The van der Waals surface area contributed by atoms with Crippen molar-refractivity contribution in [3.05, 3.63) is 89.7 Å². The fourth-order valence-electron chi connectivity index (χ4n) is 3.47. The van der Waals surface area contributed by atoms with Crippen molar-refractivity contribution in [2.45, 2.75) is 12.8 Å². The second-order valence-electron chi connectivity index (χ2n) is 6.29. The van der Waals surface area contributed by atoms with Crippen molar-refractivity contribution in [2.75, 3.05) is 7.11 Å². The van der Waals surface area contributed by atoms with Crippen LogP contribution in [-0.4, -0.2) is 27.8 Å². The molecule has 4 rings (SSSR count). The number of carbonyl (C=O) groups is 1. The van der Waals surface area contributed by atoms with Crippen LogP contribution in [0.1, 0.15) is 34.5 Å². The maximum absolute atomic E-state index is 12.4. The standard InChI is InChI=1S/C22H19N3O2/c1-15(26)25-21(18-13-14-23-22(27-2)20(18)24-25)19(16-9-5-3-6-10-16)17-11-7-4-8-12-17/h3-14,19H,1-2H3. The maximum atomic E-state index is 12.4. The van der Waals surface area contributed by atoms with Crippen LogP contribution in [0.2, 0.25) is 0 Å². The van der Waals surface area contributed by atoms with Gasteiger partial charge in [-0.1, -0.05) is 60.7 Å². The normalized spacial score (nSPS) is 11.1. The molecule has 0 N–H and O–H groups in total. The molecule has 0 amide bonds. The van der Waals surface area contributed by atoms with Gasteiger partial charge in [-0.3, -0.25) is 4.79 Å². The highest BCUT2D eigenvalue weighted by atomic mass is 16.5. The fourth-order valence-corrected chi connectivity index (χ4v) is 3.47. The van der Waals surface area contributed by atoms with Gasteiger partial charge >= 0.3 is 0 Å². The number of carbonyl (C=O) groups excluding carboxylic acids is 1. The van der Waals surface area contributed by atoms with Gasteiger partial charge in [0.05, 0.1) is 18.7 Å². The van der Waals surface area contributed by atoms with Crippen molar-refractivity contribution in [3.63, 3.8) is 0 Å². The molecule has 0 aliphatic rings. The molecule has 134 valence electrons. The van der Waals surface area contributed by atoms with Gasteiger partial charge in [-0.2, -0.15) is 5.10 Å². The molecule has 0 bridgehead atoms. The van der Waals surface area contributed by atoms with Crippen molar-refractivity contribution in [1.82, 2.24) is 14.8 Å². The first-order valence-corrected chi connectivity index (χ1v) is 8.73. The van der Waals surface area contributed by atoms with Crippen LogP contribution in [-0.2, 0) is 0 Å². The Morgan fingerprint density at radius 3 is 2.07 bits per heavy atom. The molecule has 0 unspecified atom stereocenters. The van der Waals surface area contributed by atoms with Crippen molar-refractivity contribution in [2.24, 2.45) is 0 Å². The summed E-state index contributed by atoms with van der Waals surface area (Å²) in [7, 11) is 1.56. The minimum Gasteiger partial charge on any atom is -0.479 e. The molecule has 4 aromatic rings. The lowest BCUT2D eigenvalue weighted by atomic mass is 9.87. The van der Waals surface area contributed by atoms with Gasteiger partial charge in [-0.25, -0.2) is 9.67 Å². The molecule has 0 aliphatic heterocycles. The number of hydrogen-bond acceptors (Lipinski definition) is 4. The Hall–Kier alpha value is -3.47. The molecule has 0 atom stereocenters. The summed E-state index contributed by atoms with van der Waals surface area (Å²) in [6.07, 6.45) is 1.68. The number of nitrogens with zero attached hydrogens (tertiary/aromatic N) is 3. The van der Waals surface area contributed by atoms with Gasteiger partial charge in [0.2, 0.25) is 11.8 Å². The lowest BCUT2D eigenvalue weighted by Crippen LogP contribution is -2.16. The van der Waals surface area contributed by atoms with Crippen LogP contribution in [0.15, 0.2) is 72.9 Å². The molecule has 5 nitrogen and oxygen atoms in total. The first kappa shape index (κ1) is 17.0. The lowest BCUT2D eigenvalue weighted by molar-refractivity contribution is 0.0918. The highest BCUT2D eigenvalue weighted by Crippen LogP contribution is 2.37. The number of fused-ring (bicyclic) bond motifs is 1. The molecule has 2 heterocycles. The highest BCUT2D eigenvalue weighted by Gasteiger charge is 2.27. The topological polar surface area (TPSA) is 57.0 Å². The summed E-state index contributed by atoms with van der Waals surface area (Å²) in [6.45, 7) is 1.52. The molecule has 0 radical (unpaired) electrons. The second-order valence-corrected chi connectivity index (χ2v) is 6.29. The van der Waals surface area contributed by atoms with Crippen LogP contribution >= 0.6 is 0 Å². The van der Waals surface area contributed by atoms with Crippen molar-refractivity contribution < 1.29 is 9.53 Å². The van der Waals surface area contributed by atoms with E-state index in [9.17, 15) is 4.79 Å². The molecule has 0 spiro atoms. The number of methoxy groups -OCH3 is 1. The number of rotatable bonds is 4. The SMILES string of the molecule is COc1nccc2c(C(c3ccccc3)c3ccccc3)n(C(C)=O)nc12. The van der Waals surface area contributed by atoms with E-state index in [1.54, 1.807) is 13.3 Å². The Morgan fingerprint density at radius 2 is 1.56 bits per heavy atom. The van der Waals surface area contributed by atoms with Gasteiger partial charge in [0.15, 0.2) is 5.52 Å². The number of ether oxygens (including phenoxy) is 1. The Bertz CT molecular complexity index is 1050. The predicted octanol–water partition coefficient (Wildman–Crippen LogP) is 4.28. The molecular weight excluding hydrogens is 338 g/mol. The Kier molecular flexibility index (Phi) is 4.42. The number of pyridine rings is 1. The number of hydrogen-bond donors (Lipinski definition) is 0. The van der Waals surface area contributed by atoms with E-state index in [1.807, 2.05) is 42.5 Å². The summed E-state index contributed by atoms with van der Waals surface area (Å²) in [4.78, 5) is 16.7. The summed E-state index contributed by atoms with van der Waals surface area (Å²) in [5.74, 6) is 0.113. The average Bonchev–Trinajstić information content (AvgIpc) is 3.10. The van der Waals surface area contributed by atoms with Crippen molar-refractivity contribution in [3.8, 4) is 5.88 Å². The molecule has 0 aliphatic carbocycles. The van der Waals surface area contributed by atoms with Crippen molar-refractivity contribution in [1.29, 1.82) is 0 Å². The lowest BCUT2D eigenvalue weighted by Gasteiger charge is -2.19. The van der Waals surface area contributed by atoms with Gasteiger partial charge in [0.25, 0.3) is 0 Å². The van der Waals surface area contributed by atoms with Crippen LogP contribution < -0.4 is 4.74 Å². The molecular formula is C22H19N3O2. The molecule has 2 aromatic carbocycles. The number of aromatic nitrogens is 3. The minimum absolute atomic E-state index is 0.145. The third-order valence-electron chi connectivity index (χ3n) is 4.63. The molecule has 27 heavy (non-hydrogen) atoms. The van der Waals surface area contributed by atoms with Gasteiger partial charge in [0, 0.05) is 18.5 Å². The van der Waals surface area contributed by atoms with Crippen LogP contribution in [0.5, 0.6) is 5.88 Å². The zero-order valence-corrected chi connectivity index (χ0v) is 15.2. The van der Waals surface area contributed by atoms with Gasteiger partial charge in [-0.05, 0) is 17.2 Å². The number of benzene rings is 2. The molecule has 0 saturated carbocycles. The zero-order chi connectivity index (χ0) is 18.8. The van der Waals surface area contributed by atoms with Crippen LogP contribution in [0, 0.1) is 0 Å². The summed E-state index contributed by atoms with van der Waals surface area (Å²) in [5.41, 5.74) is 3.57. The van der Waals surface area contributed by atoms with Gasteiger partial charge < -0.3 is 4.74 Å². The Labute approximate surface area is 157 Å². The van der Waals surface area contributed by atoms with Gasteiger partial charge in [0.1, 0.15) is 0 Å². The van der Waals surface area contributed by atoms with E-state index in [4.69, 9.17) is 4.74 Å². The van der Waals surface area contributed by atoms with Crippen molar-refractivity contribution >= 4 is 16.8 Å². The summed E-state index contributed by atoms with van der Waals surface area (Å²) < 4.78 is 6.84. The van der Waals surface area contributed by atoms with E-state index in [0.29, 0.717) is 11.4 Å². The molecule has 5 heteroatoms. The predicted molar refractivity (Wildman–Crippen MR) is 104 cm³/mol. The second kappa shape index (κ2) is 7.03. The van der Waals surface area contributed by atoms with E-state index in [-0.39, 0.29) is 11.8 Å². The van der Waals surface area contributed by atoms with E-state index in [1.165, 1.54) is 11.6 Å². The Morgan fingerprint density at radius 1 is 0.963 bits per heavy atom. The van der Waals surface area contributed by atoms with Crippen LogP contribution in [0.4, 0.5) is 0 Å². The first-order chi connectivity index (χ1) is 13.2. The maximum Gasteiger partial charge on any atom is 0.244 e. The summed E-state index contributed by atoms with van der Waals surface area (Å²) >= 11 is 0. The summed E-state index contributed by atoms with van der Waals surface area (Å²) in [6, 6.07) is 22.1. The Balaban J connectivity index is 2.07. The van der Waals surface area contributed by atoms with E-state index in [2.05, 4.69) is 34.3 Å². The largest absolute Gasteiger partial charge is 0.479 e. The third-order valence-corrected chi connectivity index (χ3v) is 4.63. The third kappa shape index (κ3) is 2.97. The highest BCUT2D eigenvalue weighted by molar-refractivity contribution is 5.91. The van der Waals surface area contributed by atoms with Gasteiger partial charge in [-0.15, -0.1) is 0 Å². The van der Waals surface area contributed by atoms with E-state index >= 15 is 0 Å². The summed E-state index contributed by atoms with van der Waals surface area (Å²) in [5, 5.41) is 5.39. The smallest absolute Gasteiger partial charge is 0.244 e. The van der Waals surface area contributed by atoms with Crippen LogP contribution in [0.25, 0.3) is 10.9 Å². The minimum atomic E-state index is -0.153. The van der Waals surface area contributed by atoms with Crippen LogP contribution in [0.3, 0.4) is 0 Å². The monoisotopic (exact) mass is 357 g/mol. The molecule has 2 aromatic heterocycles. The quantitative estimate of drug-likeness (QED) is 0.547. The van der Waals surface area contributed by atoms with E-state index in [0.717, 1.165) is 22.2 Å². The average molecular weight is 357 g/mol. The fraction of sp³-hybridized carbons (Fsp3) is 0.136.